The second-order valence-electron chi connectivity index (χ2n) is 10.7. The minimum absolute atomic E-state index is 0.0219. The van der Waals surface area contributed by atoms with Crippen molar-refractivity contribution < 1.29 is 18.0 Å². The van der Waals surface area contributed by atoms with Crippen molar-refractivity contribution in [1.29, 1.82) is 0 Å². The first-order chi connectivity index (χ1) is 20.4. The molecule has 0 fully saturated rings. The highest BCUT2D eigenvalue weighted by Crippen LogP contribution is 2.35. The summed E-state index contributed by atoms with van der Waals surface area (Å²) in [4.78, 5) is 14.0. The van der Waals surface area contributed by atoms with Gasteiger partial charge in [-0.05, 0) is 88.0 Å². The highest BCUT2D eigenvalue weighted by molar-refractivity contribution is 6.01. The zero-order chi connectivity index (χ0) is 28.8. The first-order valence-electron chi connectivity index (χ1n) is 13.9. The molecule has 0 amide bonds. The highest BCUT2D eigenvalue weighted by atomic mass is 19.4. The third kappa shape index (κ3) is 4.61. The van der Waals surface area contributed by atoms with Crippen LogP contribution in [0.1, 0.15) is 39.5 Å². The van der Waals surface area contributed by atoms with Crippen molar-refractivity contribution in [3.8, 4) is 16.8 Å². The Kier molecular flexibility index (Phi) is 6.30. The maximum atomic E-state index is 14.0. The van der Waals surface area contributed by atoms with Crippen LogP contribution < -0.4 is 15.8 Å². The van der Waals surface area contributed by atoms with Gasteiger partial charge in [-0.15, -0.1) is 0 Å². The van der Waals surface area contributed by atoms with Crippen LogP contribution in [0.25, 0.3) is 29.0 Å². The summed E-state index contributed by atoms with van der Waals surface area (Å²) in [7, 11) is 0. The van der Waals surface area contributed by atoms with Crippen molar-refractivity contribution in [2.45, 2.75) is 24.9 Å². The van der Waals surface area contributed by atoms with Gasteiger partial charge in [0.15, 0.2) is 11.5 Å². The predicted octanol–water partition coefficient (Wildman–Crippen LogP) is 6.22. The number of nitrogens with zero attached hydrogens (tertiary/aromatic N) is 2. The van der Waals surface area contributed by atoms with E-state index in [1.807, 2.05) is 24.4 Å². The lowest BCUT2D eigenvalue weighted by Crippen LogP contribution is -2.39. The summed E-state index contributed by atoms with van der Waals surface area (Å²) >= 11 is 0. The molecule has 1 aliphatic heterocycles. The lowest BCUT2D eigenvalue weighted by atomic mass is 9.75. The minimum Gasteiger partial charge on any atom is -0.364 e. The van der Waals surface area contributed by atoms with Crippen molar-refractivity contribution in [2.75, 3.05) is 0 Å². The Balaban J connectivity index is 1.29. The van der Waals surface area contributed by atoms with Gasteiger partial charge >= 0.3 is 6.18 Å². The second kappa shape index (κ2) is 10.2. The molecular formula is C35H26F3N3O. The Morgan fingerprint density at radius 3 is 2.55 bits per heavy atom. The molecule has 2 unspecified atom stereocenters. The quantitative estimate of drug-likeness (QED) is 0.301. The number of aromatic nitrogens is 2. The van der Waals surface area contributed by atoms with Gasteiger partial charge in [-0.1, -0.05) is 60.7 Å². The maximum Gasteiger partial charge on any atom is 0.435 e. The Labute approximate surface area is 240 Å². The largest absolute Gasteiger partial charge is 0.435 e. The summed E-state index contributed by atoms with van der Waals surface area (Å²) in [6.07, 6.45) is 12.4. The zero-order valence-corrected chi connectivity index (χ0v) is 22.5. The second-order valence-corrected chi connectivity index (χ2v) is 10.7. The lowest BCUT2D eigenvalue weighted by molar-refractivity contribution is -0.141. The molecule has 3 aromatic carbocycles. The molecule has 2 aliphatic carbocycles. The lowest BCUT2D eigenvalue weighted by Gasteiger charge is -2.30. The van der Waals surface area contributed by atoms with E-state index >= 15 is 0 Å². The predicted molar refractivity (Wildman–Crippen MR) is 157 cm³/mol. The summed E-state index contributed by atoms with van der Waals surface area (Å²) in [5, 5.41) is 9.30. The van der Waals surface area contributed by atoms with Crippen molar-refractivity contribution in [3.05, 3.63) is 142 Å². The molecule has 42 heavy (non-hydrogen) atoms. The van der Waals surface area contributed by atoms with Crippen LogP contribution in [0, 0.1) is 5.92 Å². The van der Waals surface area contributed by atoms with E-state index in [0.717, 1.165) is 28.6 Å². The Morgan fingerprint density at radius 2 is 1.74 bits per heavy atom. The Morgan fingerprint density at radius 1 is 0.905 bits per heavy atom. The molecule has 0 saturated heterocycles. The molecule has 0 spiro atoms. The summed E-state index contributed by atoms with van der Waals surface area (Å²) in [6, 6.07) is 20.4. The molecule has 1 aromatic heterocycles. The molecule has 0 saturated carbocycles. The average Bonchev–Trinajstić information content (AvgIpc) is 3.37. The Hall–Kier alpha value is -4.91. The van der Waals surface area contributed by atoms with Crippen molar-refractivity contribution in [3.63, 3.8) is 0 Å². The monoisotopic (exact) mass is 561 g/mol. The van der Waals surface area contributed by atoms with Crippen LogP contribution in [0.15, 0.2) is 109 Å². The normalized spacial score (nSPS) is 18.8. The van der Waals surface area contributed by atoms with Gasteiger partial charge < -0.3 is 5.32 Å². The molecule has 4 aromatic rings. The van der Waals surface area contributed by atoms with E-state index in [2.05, 4.69) is 65.0 Å². The summed E-state index contributed by atoms with van der Waals surface area (Å²) < 4.78 is 40.2. The molecule has 0 bridgehead atoms. The van der Waals surface area contributed by atoms with E-state index in [0.29, 0.717) is 17.7 Å². The molecule has 4 nitrogen and oxygen atoms in total. The zero-order valence-electron chi connectivity index (χ0n) is 22.5. The van der Waals surface area contributed by atoms with Crippen LogP contribution >= 0.6 is 0 Å². The number of allylic oxidation sites excluding steroid dienone is 5. The standard InChI is InChI=1S/C35H26F3N3O/c36-35(37,38)33-17-19-41(40-33)25-12-9-23(10-13-25)34(42)24-20-30-28-14-11-22-6-3-4-7-26(22)27(28)15-16-29(30)31(21-24)32-8-2-1-5-18-39-32/h1-10,12-20,24,31,39H,11,21H2. The van der Waals surface area contributed by atoms with E-state index in [-0.39, 0.29) is 17.6 Å². The number of fused-ring (bicyclic) bond motifs is 5. The van der Waals surface area contributed by atoms with Gasteiger partial charge in [0, 0.05) is 35.5 Å². The van der Waals surface area contributed by atoms with E-state index in [1.165, 1.54) is 33.1 Å². The van der Waals surface area contributed by atoms with Gasteiger partial charge in [0.2, 0.25) is 0 Å². The highest BCUT2D eigenvalue weighted by Gasteiger charge is 2.34. The number of halogens is 3. The number of hydrogen-bond acceptors (Lipinski definition) is 3. The average molecular weight is 562 g/mol. The van der Waals surface area contributed by atoms with Gasteiger partial charge in [-0.25, -0.2) is 4.68 Å². The number of Topliss-reactive ketones (excluding diaryl/α,β-unsaturated/α-hetero) is 1. The third-order valence-corrected chi connectivity index (χ3v) is 8.24. The van der Waals surface area contributed by atoms with Gasteiger partial charge in [-0.2, -0.15) is 18.3 Å². The van der Waals surface area contributed by atoms with Crippen LogP contribution in [0.3, 0.4) is 0 Å². The molecule has 0 radical (unpaired) electrons. The van der Waals surface area contributed by atoms with Crippen LogP contribution in [0.4, 0.5) is 13.2 Å². The number of carbonyl (C=O) groups is 1. The van der Waals surface area contributed by atoms with Crippen molar-refractivity contribution in [2.24, 2.45) is 5.92 Å². The molecular weight excluding hydrogens is 535 g/mol. The fourth-order valence-electron chi connectivity index (χ4n) is 6.20. The number of hydrogen-bond donors (Lipinski definition) is 1. The Bertz CT molecular complexity index is 1930. The van der Waals surface area contributed by atoms with Crippen LogP contribution in [0.2, 0.25) is 0 Å². The van der Waals surface area contributed by atoms with Crippen molar-refractivity contribution in [1.82, 2.24) is 15.1 Å². The molecule has 2 atom stereocenters. The van der Waals surface area contributed by atoms with Crippen molar-refractivity contribution >= 4 is 17.9 Å². The fourth-order valence-corrected chi connectivity index (χ4v) is 6.20. The van der Waals surface area contributed by atoms with Crippen LogP contribution in [0.5, 0.6) is 0 Å². The van der Waals surface area contributed by atoms with E-state index in [4.69, 9.17) is 0 Å². The molecule has 7 heteroatoms. The maximum absolute atomic E-state index is 14.0. The van der Waals surface area contributed by atoms with Gasteiger partial charge in [-0.3, -0.25) is 4.79 Å². The van der Waals surface area contributed by atoms with Crippen LogP contribution in [-0.4, -0.2) is 15.6 Å². The number of alkyl halides is 3. The first-order valence-corrected chi connectivity index (χ1v) is 13.9. The first kappa shape index (κ1) is 26.0. The van der Waals surface area contributed by atoms with Crippen LogP contribution in [-0.2, 0) is 12.6 Å². The summed E-state index contributed by atoms with van der Waals surface area (Å²) in [5.74, 6) is -0.431. The third-order valence-electron chi connectivity index (χ3n) is 8.24. The topological polar surface area (TPSA) is 46.9 Å². The van der Waals surface area contributed by atoms with Gasteiger partial charge in [0.25, 0.3) is 0 Å². The van der Waals surface area contributed by atoms with E-state index < -0.39 is 11.9 Å². The summed E-state index contributed by atoms with van der Waals surface area (Å²) in [6.45, 7) is 0. The number of ketones is 1. The summed E-state index contributed by atoms with van der Waals surface area (Å²) in [5.41, 5.74) is 5.88. The van der Waals surface area contributed by atoms with Gasteiger partial charge in [0.1, 0.15) is 0 Å². The molecule has 208 valence electrons. The van der Waals surface area contributed by atoms with E-state index in [1.54, 1.807) is 24.3 Å². The molecule has 3 aliphatic rings. The smallest absolute Gasteiger partial charge is 0.364 e. The fraction of sp³-hybridized carbons (Fsp3) is 0.143. The van der Waals surface area contributed by atoms with E-state index in [9.17, 15) is 18.0 Å². The molecule has 7 rings (SSSR count). The minimum atomic E-state index is -4.52. The number of benzene rings is 3. The number of carbonyl (C=O) groups excluding carboxylic acids is 1. The number of rotatable bonds is 4. The number of nitrogens with one attached hydrogen (secondary N) is 1. The van der Waals surface area contributed by atoms with Gasteiger partial charge in [0.05, 0.1) is 5.69 Å². The molecule has 1 N–H and O–H groups in total. The molecule has 2 heterocycles. The SMILES string of the molecule is O=C(c1ccc(-n2ccc(C(F)(F)F)n2)cc1)C1C=c2c(ccc3c2=CCc2ccccc2-3)C(C2=CC=CC=CN2)C1.